The molecule has 4 rings (SSSR count). The minimum absolute atomic E-state index is 0.0368. The van der Waals surface area contributed by atoms with Gasteiger partial charge in [-0.15, -0.1) is 0 Å². The molecule has 3 nitrogen and oxygen atoms in total. The van der Waals surface area contributed by atoms with Crippen LogP contribution in [-0.2, 0) is 4.79 Å². The quantitative estimate of drug-likeness (QED) is 0.723. The third-order valence-corrected chi connectivity index (χ3v) is 8.11. The molecule has 0 radical (unpaired) electrons. The maximum atomic E-state index is 13.1. The van der Waals surface area contributed by atoms with E-state index in [-0.39, 0.29) is 29.0 Å². The van der Waals surface area contributed by atoms with Crippen molar-refractivity contribution < 1.29 is 15.0 Å². The number of hydrogen-bond acceptors (Lipinski definition) is 3. The van der Waals surface area contributed by atoms with Crippen LogP contribution in [0.3, 0.4) is 0 Å². The van der Waals surface area contributed by atoms with Crippen LogP contribution in [-0.4, -0.2) is 28.2 Å². The fourth-order valence-corrected chi connectivity index (χ4v) is 7.10. The number of ketones is 1. The molecular formula is C19H30O3. The monoisotopic (exact) mass is 306 g/mol. The van der Waals surface area contributed by atoms with Crippen LogP contribution in [0, 0.1) is 34.5 Å². The Bertz CT molecular complexity index is 489. The molecule has 22 heavy (non-hydrogen) atoms. The molecule has 0 saturated heterocycles. The smallest absolute Gasteiger partial charge is 0.137 e. The lowest BCUT2D eigenvalue weighted by atomic mass is 9.44. The van der Waals surface area contributed by atoms with Crippen molar-refractivity contribution >= 4 is 5.78 Å². The Morgan fingerprint density at radius 2 is 1.82 bits per heavy atom. The van der Waals surface area contributed by atoms with Gasteiger partial charge in [-0.25, -0.2) is 0 Å². The van der Waals surface area contributed by atoms with Crippen LogP contribution in [0.25, 0.3) is 0 Å². The molecule has 0 bridgehead atoms. The molecule has 0 unspecified atom stereocenters. The van der Waals surface area contributed by atoms with Gasteiger partial charge in [0.05, 0.1) is 12.2 Å². The topological polar surface area (TPSA) is 57.5 Å². The third-order valence-electron chi connectivity index (χ3n) is 8.11. The maximum Gasteiger partial charge on any atom is 0.137 e. The van der Waals surface area contributed by atoms with E-state index in [1.165, 1.54) is 0 Å². The van der Waals surface area contributed by atoms with Crippen LogP contribution >= 0.6 is 0 Å². The van der Waals surface area contributed by atoms with E-state index >= 15 is 0 Å². The molecule has 4 aliphatic rings. The van der Waals surface area contributed by atoms with E-state index in [1.54, 1.807) is 0 Å². The zero-order chi connectivity index (χ0) is 15.7. The summed E-state index contributed by atoms with van der Waals surface area (Å²) in [6, 6.07) is 0. The predicted molar refractivity (Wildman–Crippen MR) is 84.1 cm³/mol. The van der Waals surface area contributed by atoms with E-state index in [0.717, 1.165) is 44.9 Å². The van der Waals surface area contributed by atoms with Crippen LogP contribution < -0.4 is 0 Å². The van der Waals surface area contributed by atoms with Crippen LogP contribution in [0.15, 0.2) is 0 Å². The molecule has 124 valence electrons. The Kier molecular flexibility index (Phi) is 3.30. The fourth-order valence-electron chi connectivity index (χ4n) is 7.10. The number of aliphatic hydroxyl groups is 2. The Morgan fingerprint density at radius 1 is 1.05 bits per heavy atom. The number of aliphatic hydroxyl groups excluding tert-OH is 2. The summed E-state index contributed by atoms with van der Waals surface area (Å²) >= 11 is 0. The van der Waals surface area contributed by atoms with Crippen molar-refractivity contribution in [3.05, 3.63) is 0 Å². The summed E-state index contributed by atoms with van der Waals surface area (Å²) in [5.74, 6) is 1.77. The third kappa shape index (κ3) is 1.91. The average molecular weight is 306 g/mol. The summed E-state index contributed by atoms with van der Waals surface area (Å²) in [5.41, 5.74) is 0.0952. The van der Waals surface area contributed by atoms with E-state index in [4.69, 9.17) is 0 Å². The van der Waals surface area contributed by atoms with E-state index < -0.39 is 0 Å². The van der Waals surface area contributed by atoms with Crippen molar-refractivity contribution in [1.29, 1.82) is 0 Å². The van der Waals surface area contributed by atoms with Crippen LogP contribution in [0.1, 0.15) is 65.2 Å². The minimum atomic E-state index is -0.208. The number of fused-ring (bicyclic) bond motifs is 5. The Morgan fingerprint density at radius 3 is 2.59 bits per heavy atom. The van der Waals surface area contributed by atoms with Gasteiger partial charge in [0.2, 0.25) is 0 Å². The molecule has 0 aromatic carbocycles. The first-order valence-electron chi connectivity index (χ1n) is 9.24. The standard InChI is InChI=1S/C19H30O3/c1-18-7-6-14(21)16(18)13-4-3-11-9-12(20)5-8-19(11,2)17(13)15(22)10-18/h11-14,16-17,20-21H,3-10H2,1-2H3/t11-,12+,13-,14-,16-,17-,18+,19-/m0/s1. The molecule has 3 heteroatoms. The number of carbonyl (C=O) groups is 1. The van der Waals surface area contributed by atoms with Crippen LogP contribution in [0.4, 0.5) is 0 Å². The van der Waals surface area contributed by atoms with Crippen molar-refractivity contribution in [3.8, 4) is 0 Å². The lowest BCUT2D eigenvalue weighted by molar-refractivity contribution is -0.164. The largest absolute Gasteiger partial charge is 0.393 e. The normalized spacial score (nSPS) is 57.9. The molecule has 8 atom stereocenters. The molecule has 0 spiro atoms. The molecule has 0 aromatic heterocycles. The molecule has 0 heterocycles. The lowest BCUT2D eigenvalue weighted by Crippen LogP contribution is -2.58. The van der Waals surface area contributed by atoms with Gasteiger partial charge in [0.25, 0.3) is 0 Å². The molecule has 0 aromatic rings. The summed E-state index contributed by atoms with van der Waals surface area (Å²) < 4.78 is 0. The first kappa shape index (κ1) is 15.1. The zero-order valence-electron chi connectivity index (χ0n) is 13.9. The van der Waals surface area contributed by atoms with E-state index in [1.807, 2.05) is 0 Å². The predicted octanol–water partition coefficient (Wildman–Crippen LogP) is 2.93. The molecule has 0 amide bonds. The SMILES string of the molecule is C[C@]12CC[C@H](O)[C@@H]1[C@@H]1CC[C@H]3C[C@H](O)CC[C@]3(C)[C@@H]1C(=O)C2. The van der Waals surface area contributed by atoms with Gasteiger partial charge in [-0.3, -0.25) is 4.79 Å². The highest BCUT2D eigenvalue weighted by Crippen LogP contribution is 2.65. The highest BCUT2D eigenvalue weighted by molar-refractivity contribution is 5.84. The maximum absolute atomic E-state index is 13.1. The van der Waals surface area contributed by atoms with Gasteiger partial charge in [-0.2, -0.15) is 0 Å². The number of hydrogen-bond donors (Lipinski definition) is 2. The molecule has 2 N–H and O–H groups in total. The number of carbonyl (C=O) groups excluding carboxylic acids is 1. The second-order valence-electron chi connectivity index (χ2n) is 9.28. The van der Waals surface area contributed by atoms with Crippen molar-refractivity contribution in [1.82, 2.24) is 0 Å². The zero-order valence-corrected chi connectivity index (χ0v) is 13.9. The van der Waals surface area contributed by atoms with Gasteiger partial charge < -0.3 is 10.2 Å². The molecule has 4 aliphatic carbocycles. The Labute approximate surface area is 133 Å². The fraction of sp³-hybridized carbons (Fsp3) is 0.947. The second kappa shape index (κ2) is 4.80. The number of Topliss-reactive ketones (excluding diaryl/α,β-unsaturated/α-hetero) is 1. The molecule has 4 fully saturated rings. The van der Waals surface area contributed by atoms with Gasteiger partial charge in [0.1, 0.15) is 5.78 Å². The van der Waals surface area contributed by atoms with Crippen molar-refractivity contribution in [2.45, 2.75) is 77.4 Å². The van der Waals surface area contributed by atoms with Gasteiger partial charge in [0, 0.05) is 12.3 Å². The minimum Gasteiger partial charge on any atom is -0.393 e. The average Bonchev–Trinajstić information content (AvgIpc) is 2.74. The van der Waals surface area contributed by atoms with Gasteiger partial charge in [-0.05, 0) is 73.5 Å². The lowest BCUT2D eigenvalue weighted by Gasteiger charge is -2.59. The van der Waals surface area contributed by atoms with Crippen LogP contribution in [0.5, 0.6) is 0 Å². The second-order valence-corrected chi connectivity index (χ2v) is 9.28. The highest BCUT2D eigenvalue weighted by Gasteiger charge is 2.62. The van der Waals surface area contributed by atoms with Gasteiger partial charge in [-0.1, -0.05) is 13.8 Å². The number of rotatable bonds is 0. The summed E-state index contributed by atoms with van der Waals surface area (Å²) in [4.78, 5) is 13.1. The highest BCUT2D eigenvalue weighted by atomic mass is 16.3. The van der Waals surface area contributed by atoms with E-state index in [9.17, 15) is 15.0 Å². The summed E-state index contributed by atoms with van der Waals surface area (Å²) in [6.07, 6.45) is 7.05. The van der Waals surface area contributed by atoms with E-state index in [2.05, 4.69) is 13.8 Å². The summed E-state index contributed by atoms with van der Waals surface area (Å²) in [7, 11) is 0. The van der Waals surface area contributed by atoms with Gasteiger partial charge in [0.15, 0.2) is 0 Å². The van der Waals surface area contributed by atoms with Crippen LogP contribution in [0.2, 0.25) is 0 Å². The van der Waals surface area contributed by atoms with E-state index in [0.29, 0.717) is 30.0 Å². The first-order valence-corrected chi connectivity index (χ1v) is 9.24. The molecule has 0 aliphatic heterocycles. The summed E-state index contributed by atoms with van der Waals surface area (Å²) in [5, 5.41) is 20.6. The molecule has 4 saturated carbocycles. The van der Waals surface area contributed by atoms with Crippen molar-refractivity contribution in [3.63, 3.8) is 0 Å². The van der Waals surface area contributed by atoms with Gasteiger partial charge >= 0.3 is 0 Å². The Balaban J connectivity index is 1.71. The molecular weight excluding hydrogens is 276 g/mol. The first-order chi connectivity index (χ1) is 10.3. The Hall–Kier alpha value is -0.410. The van der Waals surface area contributed by atoms with Crippen molar-refractivity contribution in [2.75, 3.05) is 0 Å². The van der Waals surface area contributed by atoms with Crippen molar-refractivity contribution in [2.24, 2.45) is 34.5 Å². The summed E-state index contributed by atoms with van der Waals surface area (Å²) in [6.45, 7) is 4.54.